The second-order valence-corrected chi connectivity index (χ2v) is 7.08. The van der Waals surface area contributed by atoms with E-state index in [0.717, 1.165) is 32.7 Å². The zero-order chi connectivity index (χ0) is 17.8. The minimum atomic E-state index is -0.586. The molecule has 25 heavy (non-hydrogen) atoms. The summed E-state index contributed by atoms with van der Waals surface area (Å²) < 4.78 is 12.0. The minimum absolute atomic E-state index is 0.0850. The van der Waals surface area contributed by atoms with E-state index in [-0.39, 0.29) is 6.04 Å². The van der Waals surface area contributed by atoms with Crippen LogP contribution in [0.25, 0.3) is 6.08 Å². The van der Waals surface area contributed by atoms with Crippen molar-refractivity contribution in [2.24, 2.45) is 0 Å². The Labute approximate surface area is 156 Å². The predicted octanol–water partition coefficient (Wildman–Crippen LogP) is 3.95. The Bertz CT molecular complexity index is 758. The van der Waals surface area contributed by atoms with Crippen molar-refractivity contribution in [2.75, 3.05) is 20.3 Å². The van der Waals surface area contributed by atoms with Gasteiger partial charge in [-0.2, -0.15) is 0 Å². The summed E-state index contributed by atoms with van der Waals surface area (Å²) in [6, 6.07) is 13.4. The molecule has 1 aliphatic heterocycles. The number of rotatable bonds is 6. The second-order valence-electron chi connectivity index (χ2n) is 6.16. The van der Waals surface area contributed by atoms with Crippen LogP contribution in [0.5, 0.6) is 11.5 Å². The molecule has 1 aliphatic rings. The Hall–Kier alpha value is -1.82. The van der Waals surface area contributed by atoms with Gasteiger partial charge in [0.25, 0.3) is 0 Å². The maximum atomic E-state index is 10.5. The summed E-state index contributed by atoms with van der Waals surface area (Å²) in [6.07, 6.45) is 1.56. The largest absolute Gasteiger partial charge is 0.497 e. The van der Waals surface area contributed by atoms with Gasteiger partial charge in [-0.15, -0.1) is 0 Å². The third-order valence-corrected chi connectivity index (χ3v) is 4.82. The highest BCUT2D eigenvalue weighted by Gasteiger charge is 2.18. The molecule has 132 valence electrons. The lowest BCUT2D eigenvalue weighted by molar-refractivity contribution is 0.137. The molecule has 0 bridgehead atoms. The SMILES string of the molecule is COc1ccc(C(O)C(C)NCC2=Cc3cc(Br)ccc3OC2)cc1. The van der Waals surface area contributed by atoms with Gasteiger partial charge in [0.1, 0.15) is 18.1 Å². The summed E-state index contributed by atoms with van der Waals surface area (Å²) in [5.41, 5.74) is 3.09. The molecule has 0 fully saturated rings. The van der Waals surface area contributed by atoms with Gasteiger partial charge in [0.05, 0.1) is 13.2 Å². The molecule has 0 aromatic heterocycles. The van der Waals surface area contributed by atoms with E-state index in [4.69, 9.17) is 9.47 Å². The molecule has 0 aliphatic carbocycles. The maximum Gasteiger partial charge on any atom is 0.127 e. The van der Waals surface area contributed by atoms with Crippen LogP contribution >= 0.6 is 15.9 Å². The maximum absolute atomic E-state index is 10.5. The van der Waals surface area contributed by atoms with Gasteiger partial charge in [-0.25, -0.2) is 0 Å². The van der Waals surface area contributed by atoms with Crippen LogP contribution in [0.3, 0.4) is 0 Å². The number of aliphatic hydroxyl groups excluding tert-OH is 1. The normalized spacial score (nSPS) is 15.6. The zero-order valence-corrected chi connectivity index (χ0v) is 15.9. The van der Waals surface area contributed by atoms with Gasteiger partial charge in [0.2, 0.25) is 0 Å². The van der Waals surface area contributed by atoms with Gasteiger partial charge in [0.15, 0.2) is 0 Å². The summed E-state index contributed by atoms with van der Waals surface area (Å²) in [4.78, 5) is 0. The quantitative estimate of drug-likeness (QED) is 0.766. The van der Waals surface area contributed by atoms with E-state index >= 15 is 0 Å². The number of fused-ring (bicyclic) bond motifs is 1. The van der Waals surface area contributed by atoms with Crippen molar-refractivity contribution >= 4 is 22.0 Å². The van der Waals surface area contributed by atoms with Gasteiger partial charge < -0.3 is 19.9 Å². The van der Waals surface area contributed by atoms with E-state index in [1.807, 2.05) is 49.4 Å². The van der Waals surface area contributed by atoms with Gasteiger partial charge in [-0.05, 0) is 54.5 Å². The Morgan fingerprint density at radius 3 is 2.72 bits per heavy atom. The molecule has 2 N–H and O–H groups in total. The van der Waals surface area contributed by atoms with Crippen LogP contribution < -0.4 is 14.8 Å². The molecule has 0 spiro atoms. The van der Waals surface area contributed by atoms with Crippen molar-refractivity contribution in [1.82, 2.24) is 5.32 Å². The lowest BCUT2D eigenvalue weighted by Crippen LogP contribution is -2.34. The standard InChI is InChI=1S/C20H22BrNO3/c1-13(20(23)15-3-6-18(24-2)7-4-15)22-11-14-9-16-10-17(21)5-8-19(16)25-12-14/h3-10,13,20,22-23H,11-12H2,1-2H3. The summed E-state index contributed by atoms with van der Waals surface area (Å²) in [6.45, 7) is 3.21. The molecule has 1 heterocycles. The summed E-state index contributed by atoms with van der Waals surface area (Å²) >= 11 is 3.49. The van der Waals surface area contributed by atoms with Crippen LogP contribution in [0.15, 0.2) is 52.5 Å². The molecule has 0 amide bonds. The number of nitrogens with one attached hydrogen (secondary N) is 1. The van der Waals surface area contributed by atoms with Crippen LogP contribution in [0, 0.1) is 0 Å². The molecule has 0 saturated carbocycles. The fraction of sp³-hybridized carbons (Fsp3) is 0.300. The molecule has 0 saturated heterocycles. The molecule has 2 unspecified atom stereocenters. The van der Waals surface area contributed by atoms with Crippen LogP contribution in [-0.4, -0.2) is 31.4 Å². The average molecular weight is 404 g/mol. The van der Waals surface area contributed by atoms with Crippen molar-refractivity contribution in [3.8, 4) is 11.5 Å². The van der Waals surface area contributed by atoms with Gasteiger partial charge in [0, 0.05) is 22.6 Å². The van der Waals surface area contributed by atoms with E-state index in [1.165, 1.54) is 0 Å². The zero-order valence-electron chi connectivity index (χ0n) is 14.3. The second kappa shape index (κ2) is 8.04. The molecule has 2 atom stereocenters. The van der Waals surface area contributed by atoms with Crippen molar-refractivity contribution in [2.45, 2.75) is 19.1 Å². The number of aliphatic hydroxyl groups is 1. The van der Waals surface area contributed by atoms with Gasteiger partial charge >= 0.3 is 0 Å². The summed E-state index contributed by atoms with van der Waals surface area (Å²) in [5, 5.41) is 13.9. The number of hydrogen-bond acceptors (Lipinski definition) is 4. The van der Waals surface area contributed by atoms with E-state index in [1.54, 1.807) is 7.11 Å². The molecule has 0 radical (unpaired) electrons. The summed E-state index contributed by atoms with van der Waals surface area (Å²) in [5.74, 6) is 1.68. The van der Waals surface area contributed by atoms with E-state index in [0.29, 0.717) is 13.2 Å². The van der Waals surface area contributed by atoms with Crippen molar-refractivity contribution in [3.63, 3.8) is 0 Å². The highest BCUT2D eigenvalue weighted by atomic mass is 79.9. The molecular formula is C20H22BrNO3. The van der Waals surface area contributed by atoms with Gasteiger partial charge in [-0.3, -0.25) is 0 Å². The first-order chi connectivity index (χ1) is 12.1. The first-order valence-corrected chi connectivity index (χ1v) is 9.03. The fourth-order valence-electron chi connectivity index (χ4n) is 2.79. The first kappa shape index (κ1) is 18.0. The number of methoxy groups -OCH3 is 1. The van der Waals surface area contributed by atoms with E-state index in [9.17, 15) is 5.11 Å². The smallest absolute Gasteiger partial charge is 0.127 e. The molecule has 2 aromatic carbocycles. The lowest BCUT2D eigenvalue weighted by atomic mass is 10.0. The summed E-state index contributed by atoms with van der Waals surface area (Å²) in [7, 11) is 1.63. The predicted molar refractivity (Wildman–Crippen MR) is 103 cm³/mol. The van der Waals surface area contributed by atoms with Crippen molar-refractivity contribution in [3.05, 3.63) is 63.6 Å². The third kappa shape index (κ3) is 4.42. The first-order valence-electron chi connectivity index (χ1n) is 8.24. The van der Waals surface area contributed by atoms with Crippen LogP contribution in [0.2, 0.25) is 0 Å². The molecule has 5 heteroatoms. The van der Waals surface area contributed by atoms with E-state index < -0.39 is 6.10 Å². The Kier molecular flexibility index (Phi) is 5.78. The molecule has 4 nitrogen and oxygen atoms in total. The van der Waals surface area contributed by atoms with E-state index in [2.05, 4.69) is 27.3 Å². The number of ether oxygens (including phenoxy) is 2. The fourth-order valence-corrected chi connectivity index (χ4v) is 3.17. The third-order valence-electron chi connectivity index (χ3n) is 4.33. The Morgan fingerprint density at radius 1 is 1.24 bits per heavy atom. The van der Waals surface area contributed by atoms with Crippen molar-refractivity contribution in [1.29, 1.82) is 0 Å². The van der Waals surface area contributed by atoms with Crippen LogP contribution in [0.1, 0.15) is 24.2 Å². The lowest BCUT2D eigenvalue weighted by Gasteiger charge is -2.23. The molecular weight excluding hydrogens is 382 g/mol. The number of halogens is 1. The highest BCUT2D eigenvalue weighted by molar-refractivity contribution is 9.10. The minimum Gasteiger partial charge on any atom is -0.497 e. The molecule has 3 rings (SSSR count). The Balaban J connectivity index is 1.60. The monoisotopic (exact) mass is 403 g/mol. The highest BCUT2D eigenvalue weighted by Crippen LogP contribution is 2.29. The Morgan fingerprint density at radius 2 is 2.00 bits per heavy atom. The van der Waals surface area contributed by atoms with Gasteiger partial charge in [-0.1, -0.05) is 28.1 Å². The average Bonchev–Trinajstić information content (AvgIpc) is 2.65. The number of hydrogen-bond donors (Lipinski definition) is 2. The molecule has 2 aromatic rings. The van der Waals surface area contributed by atoms with Crippen LogP contribution in [0.4, 0.5) is 0 Å². The van der Waals surface area contributed by atoms with Crippen molar-refractivity contribution < 1.29 is 14.6 Å². The van der Waals surface area contributed by atoms with Crippen LogP contribution in [-0.2, 0) is 0 Å². The topological polar surface area (TPSA) is 50.7 Å². The number of benzene rings is 2.